The molecule has 1 heterocycles. The normalized spacial score (nSPS) is 42.8. The number of alkyl halides is 2. The summed E-state index contributed by atoms with van der Waals surface area (Å²) in [6.07, 6.45) is 1.81. The fourth-order valence-electron chi connectivity index (χ4n) is 3.36. The maximum atomic E-state index is 12.8. The quantitative estimate of drug-likeness (QED) is 0.692. The third-order valence-corrected chi connectivity index (χ3v) is 4.00. The standard InChI is InChI=1S/C11H12F2O4/c1-10(12,13)9(15)17-11-4-5-2-6(7(11)3-5)8(14)16-11/h5-7H,2-4H2,1H3. The van der Waals surface area contributed by atoms with Crippen LogP contribution in [-0.2, 0) is 19.1 Å². The molecule has 2 bridgehead atoms. The molecule has 0 N–H and O–H groups in total. The molecule has 1 saturated heterocycles. The van der Waals surface area contributed by atoms with E-state index in [-0.39, 0.29) is 17.8 Å². The first-order chi connectivity index (χ1) is 7.82. The number of esters is 2. The van der Waals surface area contributed by atoms with E-state index in [0.717, 1.165) is 12.8 Å². The van der Waals surface area contributed by atoms with E-state index in [4.69, 9.17) is 9.47 Å². The van der Waals surface area contributed by atoms with Gasteiger partial charge in [0.2, 0.25) is 0 Å². The van der Waals surface area contributed by atoms with Gasteiger partial charge in [-0.25, -0.2) is 4.79 Å². The molecule has 0 aromatic heterocycles. The molecule has 4 atom stereocenters. The Kier molecular flexibility index (Phi) is 1.91. The van der Waals surface area contributed by atoms with Gasteiger partial charge in [-0.3, -0.25) is 4.79 Å². The van der Waals surface area contributed by atoms with Crippen molar-refractivity contribution in [1.82, 2.24) is 0 Å². The van der Waals surface area contributed by atoms with E-state index in [1.54, 1.807) is 0 Å². The van der Waals surface area contributed by atoms with E-state index >= 15 is 0 Å². The van der Waals surface area contributed by atoms with Gasteiger partial charge in [0, 0.05) is 13.3 Å². The van der Waals surface area contributed by atoms with Crippen molar-refractivity contribution < 1.29 is 27.8 Å². The molecule has 0 radical (unpaired) electrons. The van der Waals surface area contributed by atoms with Crippen LogP contribution in [0.15, 0.2) is 0 Å². The topological polar surface area (TPSA) is 52.6 Å². The Hall–Kier alpha value is -1.20. The fraction of sp³-hybridized carbons (Fsp3) is 0.818. The van der Waals surface area contributed by atoms with E-state index in [1.807, 2.05) is 0 Å². The minimum absolute atomic E-state index is 0.230. The maximum absolute atomic E-state index is 12.8. The van der Waals surface area contributed by atoms with E-state index in [0.29, 0.717) is 13.3 Å². The number of carbonyl (C=O) groups is 2. The van der Waals surface area contributed by atoms with E-state index in [9.17, 15) is 18.4 Å². The number of ether oxygens (including phenoxy) is 2. The number of hydrogen-bond donors (Lipinski definition) is 0. The number of hydrogen-bond acceptors (Lipinski definition) is 4. The Morgan fingerprint density at radius 2 is 2.24 bits per heavy atom. The molecule has 3 rings (SSSR count). The Morgan fingerprint density at radius 3 is 2.82 bits per heavy atom. The van der Waals surface area contributed by atoms with Crippen molar-refractivity contribution in [2.75, 3.05) is 0 Å². The van der Waals surface area contributed by atoms with Crippen LogP contribution in [0.25, 0.3) is 0 Å². The van der Waals surface area contributed by atoms with Gasteiger partial charge in [0.25, 0.3) is 5.79 Å². The van der Waals surface area contributed by atoms with E-state index in [1.165, 1.54) is 0 Å². The zero-order chi connectivity index (χ0) is 12.4. The van der Waals surface area contributed by atoms with Crippen LogP contribution < -0.4 is 0 Å². The second-order valence-corrected chi connectivity index (χ2v) is 5.27. The molecular weight excluding hydrogens is 234 g/mol. The highest BCUT2D eigenvalue weighted by Gasteiger charge is 2.68. The molecular formula is C11H12F2O4. The van der Waals surface area contributed by atoms with Crippen molar-refractivity contribution in [3.05, 3.63) is 0 Å². The zero-order valence-corrected chi connectivity index (χ0v) is 9.24. The zero-order valence-electron chi connectivity index (χ0n) is 9.24. The van der Waals surface area contributed by atoms with Gasteiger partial charge in [-0.05, 0) is 18.8 Å². The molecule has 4 unspecified atom stereocenters. The SMILES string of the molecule is CC(F)(F)C(=O)OC12CC3CC(C(=O)O1)C2C3. The van der Waals surface area contributed by atoms with Gasteiger partial charge in [-0.1, -0.05) is 0 Å². The summed E-state index contributed by atoms with van der Waals surface area (Å²) in [6, 6.07) is 0. The lowest BCUT2D eigenvalue weighted by Crippen LogP contribution is -2.43. The summed E-state index contributed by atoms with van der Waals surface area (Å²) < 4.78 is 35.5. The minimum atomic E-state index is -3.55. The second kappa shape index (κ2) is 2.97. The number of halogens is 2. The molecule has 3 fully saturated rings. The van der Waals surface area contributed by atoms with Crippen molar-refractivity contribution in [2.45, 2.75) is 37.9 Å². The Bertz CT molecular complexity index is 403. The highest BCUT2D eigenvalue weighted by molar-refractivity contribution is 5.80. The molecule has 2 aliphatic carbocycles. The molecule has 2 saturated carbocycles. The summed E-state index contributed by atoms with van der Waals surface area (Å²) in [5, 5.41) is 0. The monoisotopic (exact) mass is 246 g/mol. The molecule has 0 amide bonds. The van der Waals surface area contributed by atoms with Crippen molar-refractivity contribution in [3.8, 4) is 0 Å². The van der Waals surface area contributed by atoms with Gasteiger partial charge in [-0.2, -0.15) is 8.78 Å². The molecule has 0 aromatic carbocycles. The van der Waals surface area contributed by atoms with E-state index in [2.05, 4.69) is 0 Å². The summed E-state index contributed by atoms with van der Waals surface area (Å²) in [6.45, 7) is 0.480. The van der Waals surface area contributed by atoms with Gasteiger partial charge in [0.15, 0.2) is 0 Å². The minimum Gasteiger partial charge on any atom is -0.422 e. The Morgan fingerprint density at radius 1 is 1.53 bits per heavy atom. The molecule has 3 aliphatic rings. The van der Waals surface area contributed by atoms with Crippen LogP contribution in [0.5, 0.6) is 0 Å². The summed E-state index contributed by atoms with van der Waals surface area (Å²) in [4.78, 5) is 22.8. The van der Waals surface area contributed by atoms with E-state index < -0.39 is 23.6 Å². The number of fused-ring (bicyclic) bond motifs is 1. The average molecular weight is 246 g/mol. The second-order valence-electron chi connectivity index (χ2n) is 5.27. The summed E-state index contributed by atoms with van der Waals surface area (Å²) in [7, 11) is 0. The van der Waals surface area contributed by atoms with Gasteiger partial charge in [0.05, 0.1) is 11.8 Å². The van der Waals surface area contributed by atoms with Gasteiger partial charge in [0.1, 0.15) is 0 Å². The van der Waals surface area contributed by atoms with Crippen molar-refractivity contribution in [1.29, 1.82) is 0 Å². The first-order valence-electron chi connectivity index (χ1n) is 5.66. The number of rotatable bonds is 2. The lowest BCUT2D eigenvalue weighted by Gasteiger charge is -2.30. The predicted octanol–water partition coefficient (Wildman–Crippen LogP) is 1.48. The molecule has 17 heavy (non-hydrogen) atoms. The predicted molar refractivity (Wildman–Crippen MR) is 49.9 cm³/mol. The van der Waals surface area contributed by atoms with Crippen LogP contribution >= 0.6 is 0 Å². The van der Waals surface area contributed by atoms with Crippen molar-refractivity contribution in [3.63, 3.8) is 0 Å². The summed E-state index contributed by atoms with van der Waals surface area (Å²) >= 11 is 0. The van der Waals surface area contributed by atoms with Gasteiger partial charge < -0.3 is 9.47 Å². The lowest BCUT2D eigenvalue weighted by atomic mass is 9.87. The Labute approximate surface area is 96.3 Å². The third-order valence-electron chi connectivity index (χ3n) is 4.00. The summed E-state index contributed by atoms with van der Waals surface area (Å²) in [5.74, 6) is -7.24. The van der Waals surface area contributed by atoms with Crippen LogP contribution in [0, 0.1) is 17.8 Å². The van der Waals surface area contributed by atoms with Crippen LogP contribution in [0.1, 0.15) is 26.2 Å². The molecule has 0 aromatic rings. The number of carbonyl (C=O) groups excluding carboxylic acids is 2. The van der Waals surface area contributed by atoms with Crippen molar-refractivity contribution in [2.24, 2.45) is 17.8 Å². The molecule has 94 valence electrons. The molecule has 1 aliphatic heterocycles. The fourth-order valence-corrected chi connectivity index (χ4v) is 3.36. The first kappa shape index (κ1) is 10.9. The molecule has 0 spiro atoms. The molecule has 4 nitrogen and oxygen atoms in total. The van der Waals surface area contributed by atoms with Crippen LogP contribution in [0.2, 0.25) is 0 Å². The van der Waals surface area contributed by atoms with Crippen molar-refractivity contribution >= 4 is 11.9 Å². The van der Waals surface area contributed by atoms with Crippen LogP contribution in [0.4, 0.5) is 8.78 Å². The first-order valence-corrected chi connectivity index (χ1v) is 5.66. The lowest BCUT2D eigenvalue weighted by molar-refractivity contribution is -0.237. The van der Waals surface area contributed by atoms with Gasteiger partial charge in [-0.15, -0.1) is 0 Å². The highest BCUT2D eigenvalue weighted by atomic mass is 19.3. The van der Waals surface area contributed by atoms with Crippen LogP contribution in [0.3, 0.4) is 0 Å². The van der Waals surface area contributed by atoms with Crippen LogP contribution in [-0.4, -0.2) is 23.6 Å². The average Bonchev–Trinajstić information content (AvgIpc) is 2.74. The highest BCUT2D eigenvalue weighted by Crippen LogP contribution is 2.60. The smallest absolute Gasteiger partial charge is 0.379 e. The Balaban J connectivity index is 1.84. The largest absolute Gasteiger partial charge is 0.422 e. The summed E-state index contributed by atoms with van der Waals surface area (Å²) in [5.41, 5.74) is 0. The van der Waals surface area contributed by atoms with Gasteiger partial charge >= 0.3 is 17.9 Å². The third kappa shape index (κ3) is 1.39. The maximum Gasteiger partial charge on any atom is 0.379 e. The molecule has 6 heteroatoms.